The van der Waals surface area contributed by atoms with Gasteiger partial charge in [0, 0.05) is 36.5 Å². The van der Waals surface area contributed by atoms with Crippen molar-refractivity contribution in [3.8, 4) is 11.3 Å². The summed E-state index contributed by atoms with van der Waals surface area (Å²) in [5, 5.41) is 19.7. The number of aromatic nitrogens is 6. The molecule has 1 unspecified atom stereocenters. The number of imidazole rings is 1. The van der Waals surface area contributed by atoms with Gasteiger partial charge in [0.25, 0.3) is 0 Å². The zero-order chi connectivity index (χ0) is 22.6. The highest BCUT2D eigenvalue weighted by Crippen LogP contribution is 2.36. The lowest BCUT2D eigenvalue weighted by Gasteiger charge is -2.32. The summed E-state index contributed by atoms with van der Waals surface area (Å²) in [6.45, 7) is 6.55. The largest absolute Gasteiger partial charge is 0.387 e. The van der Waals surface area contributed by atoms with E-state index in [1.165, 1.54) is 12.3 Å². The molecule has 1 aliphatic rings. The van der Waals surface area contributed by atoms with Gasteiger partial charge in [-0.3, -0.25) is 4.68 Å². The van der Waals surface area contributed by atoms with Crippen LogP contribution in [0.3, 0.4) is 0 Å². The molecule has 0 saturated heterocycles. The summed E-state index contributed by atoms with van der Waals surface area (Å²) < 4.78 is 18.7. The zero-order valence-electron chi connectivity index (χ0n) is 17.9. The summed E-state index contributed by atoms with van der Waals surface area (Å²) >= 11 is 6.39. The van der Waals surface area contributed by atoms with Crippen molar-refractivity contribution in [3.63, 3.8) is 0 Å². The van der Waals surface area contributed by atoms with Crippen LogP contribution in [0.15, 0.2) is 30.6 Å². The molecule has 0 fully saturated rings. The predicted molar refractivity (Wildman–Crippen MR) is 119 cm³/mol. The summed E-state index contributed by atoms with van der Waals surface area (Å²) in [7, 11) is 0. The Balaban J connectivity index is 1.52. The average Bonchev–Trinajstić information content (AvgIpc) is 3.36. The van der Waals surface area contributed by atoms with Crippen LogP contribution in [0.5, 0.6) is 0 Å². The number of benzene rings is 1. The number of aliphatic hydroxyl groups is 1. The average molecular weight is 455 g/mol. The van der Waals surface area contributed by atoms with Gasteiger partial charge in [-0.25, -0.2) is 9.37 Å². The van der Waals surface area contributed by atoms with Gasteiger partial charge in [0.2, 0.25) is 0 Å². The number of fused-ring (bicyclic) bond motifs is 2. The molecular formula is C22H22ClFN7O-. The first kappa shape index (κ1) is 20.8. The predicted octanol–water partition coefficient (Wildman–Crippen LogP) is 4.88. The molecular weight excluding hydrogens is 433 g/mol. The van der Waals surface area contributed by atoms with E-state index in [1.54, 1.807) is 16.9 Å². The molecule has 8 nitrogen and oxygen atoms in total. The van der Waals surface area contributed by atoms with Crippen LogP contribution in [0.2, 0.25) is 5.02 Å². The normalized spacial score (nSPS) is 18.3. The molecule has 1 aliphatic heterocycles. The molecule has 4 aromatic rings. The van der Waals surface area contributed by atoms with Crippen molar-refractivity contribution in [1.29, 1.82) is 0 Å². The lowest BCUT2D eigenvalue weighted by Crippen LogP contribution is -2.28. The molecule has 5 rings (SSSR count). The van der Waals surface area contributed by atoms with Crippen LogP contribution in [-0.4, -0.2) is 40.4 Å². The quantitative estimate of drug-likeness (QED) is 0.474. The third kappa shape index (κ3) is 3.41. The molecule has 2 atom stereocenters. The molecule has 1 N–H and O–H groups in total. The molecule has 0 saturated carbocycles. The van der Waals surface area contributed by atoms with Crippen LogP contribution in [0.25, 0.3) is 27.6 Å². The zero-order valence-corrected chi connectivity index (χ0v) is 18.6. The Hall–Kier alpha value is -3.04. The maximum Gasteiger partial charge on any atom is 0.151 e. The SMILES string of the molecule is Cc1nc2c(F)cc(-c3nc([N-]C4CCn5nccc5[C@@H]4O)ncc3Cl)cc2n1C(C)C. The number of hydrogen-bond donors (Lipinski definition) is 1. The molecule has 0 spiro atoms. The molecule has 0 bridgehead atoms. The fourth-order valence-electron chi connectivity index (χ4n) is 4.35. The summed E-state index contributed by atoms with van der Waals surface area (Å²) in [6.07, 6.45) is 2.91. The molecule has 4 heterocycles. The highest BCUT2D eigenvalue weighted by Gasteiger charge is 2.27. The fraction of sp³-hybridized carbons (Fsp3) is 0.364. The van der Waals surface area contributed by atoms with Crippen molar-refractivity contribution < 1.29 is 9.50 Å². The molecule has 0 amide bonds. The lowest BCUT2D eigenvalue weighted by atomic mass is 10.0. The van der Waals surface area contributed by atoms with E-state index in [0.717, 1.165) is 5.82 Å². The minimum absolute atomic E-state index is 0.113. The lowest BCUT2D eigenvalue weighted by molar-refractivity contribution is 0.125. The highest BCUT2D eigenvalue weighted by molar-refractivity contribution is 6.33. The van der Waals surface area contributed by atoms with Crippen molar-refractivity contribution in [1.82, 2.24) is 29.3 Å². The number of aliphatic hydroxyl groups excluding tert-OH is 1. The van der Waals surface area contributed by atoms with Crippen LogP contribution in [0, 0.1) is 12.7 Å². The second-order valence-electron chi connectivity index (χ2n) is 8.22. The van der Waals surface area contributed by atoms with E-state index in [2.05, 4.69) is 25.4 Å². The van der Waals surface area contributed by atoms with Gasteiger partial charge in [-0.15, -0.1) is 0 Å². The van der Waals surface area contributed by atoms with E-state index < -0.39 is 18.0 Å². The van der Waals surface area contributed by atoms with Gasteiger partial charge in [-0.2, -0.15) is 5.10 Å². The van der Waals surface area contributed by atoms with Crippen molar-refractivity contribution in [2.24, 2.45) is 0 Å². The van der Waals surface area contributed by atoms with Gasteiger partial charge in [0.05, 0.1) is 16.2 Å². The number of rotatable bonds is 4. The van der Waals surface area contributed by atoms with E-state index in [-0.39, 0.29) is 17.0 Å². The Morgan fingerprint density at radius 2 is 2.09 bits per heavy atom. The van der Waals surface area contributed by atoms with Gasteiger partial charge in [-0.1, -0.05) is 11.6 Å². The molecule has 1 aromatic carbocycles. The van der Waals surface area contributed by atoms with Gasteiger partial charge >= 0.3 is 0 Å². The van der Waals surface area contributed by atoms with Gasteiger partial charge in [0.15, 0.2) is 5.82 Å². The Morgan fingerprint density at radius 1 is 1.28 bits per heavy atom. The molecule has 10 heteroatoms. The molecule has 0 radical (unpaired) electrons. The van der Waals surface area contributed by atoms with Gasteiger partial charge < -0.3 is 25.0 Å². The van der Waals surface area contributed by atoms with E-state index in [9.17, 15) is 9.50 Å². The first-order chi connectivity index (χ1) is 15.3. The minimum Gasteiger partial charge on any atom is -0.387 e. The smallest absolute Gasteiger partial charge is 0.151 e. The highest BCUT2D eigenvalue weighted by atomic mass is 35.5. The maximum atomic E-state index is 14.9. The number of nitrogens with zero attached hydrogens (tertiary/aromatic N) is 7. The minimum atomic E-state index is -0.800. The third-order valence-corrected chi connectivity index (χ3v) is 6.06. The van der Waals surface area contributed by atoms with Crippen LogP contribution >= 0.6 is 11.6 Å². The second-order valence-corrected chi connectivity index (χ2v) is 8.63. The third-order valence-electron chi connectivity index (χ3n) is 5.78. The van der Waals surface area contributed by atoms with Crippen molar-refractivity contribution >= 4 is 28.6 Å². The summed E-state index contributed by atoms with van der Waals surface area (Å²) in [6, 6.07) is 4.70. The summed E-state index contributed by atoms with van der Waals surface area (Å²) in [5.74, 6) is 0.487. The first-order valence-electron chi connectivity index (χ1n) is 10.4. The Kier molecular flexibility index (Phi) is 5.10. The molecule has 0 aliphatic carbocycles. The summed E-state index contributed by atoms with van der Waals surface area (Å²) in [5.41, 5.74) is 2.60. The van der Waals surface area contributed by atoms with Crippen LogP contribution in [0.1, 0.15) is 43.9 Å². The van der Waals surface area contributed by atoms with Crippen molar-refractivity contribution in [3.05, 3.63) is 58.3 Å². The number of hydrogen-bond acceptors (Lipinski definition) is 5. The monoisotopic (exact) mass is 454 g/mol. The number of halogens is 2. The first-order valence-corrected chi connectivity index (χ1v) is 10.8. The van der Waals surface area contributed by atoms with Crippen LogP contribution in [0.4, 0.5) is 10.3 Å². The van der Waals surface area contributed by atoms with E-state index in [1.807, 2.05) is 31.4 Å². The Labute approximate surface area is 189 Å². The topological polar surface area (TPSA) is 95.8 Å². The fourth-order valence-corrected chi connectivity index (χ4v) is 4.55. The second kappa shape index (κ2) is 7.83. The molecule has 166 valence electrons. The number of aryl methyl sites for hydroxylation is 2. The van der Waals surface area contributed by atoms with E-state index in [0.29, 0.717) is 41.0 Å². The van der Waals surface area contributed by atoms with Crippen LogP contribution < -0.4 is 0 Å². The molecule has 32 heavy (non-hydrogen) atoms. The standard InChI is InChI=1S/C22H22ClFN7O/c1-11(2)31-12(3)27-20-15(24)8-13(9-18(20)31)19-14(23)10-25-22(29-19)28-16-5-7-30-17(21(16)32)4-6-26-30/h4,6,8-11,16,21,32H,5,7H2,1-3H3/q-1/t16?,21-/m1/s1. The summed E-state index contributed by atoms with van der Waals surface area (Å²) in [4.78, 5) is 13.1. The maximum absolute atomic E-state index is 14.9. The van der Waals surface area contributed by atoms with Crippen LogP contribution in [-0.2, 0) is 6.54 Å². The van der Waals surface area contributed by atoms with Crippen molar-refractivity contribution in [2.45, 2.75) is 51.9 Å². The van der Waals surface area contributed by atoms with E-state index in [4.69, 9.17) is 11.6 Å². The van der Waals surface area contributed by atoms with Gasteiger partial charge in [-0.05, 0) is 57.2 Å². The molecule has 3 aromatic heterocycles. The Morgan fingerprint density at radius 3 is 2.88 bits per heavy atom. The Bertz CT molecular complexity index is 1320. The van der Waals surface area contributed by atoms with E-state index >= 15 is 0 Å². The van der Waals surface area contributed by atoms with Gasteiger partial charge in [0.1, 0.15) is 17.4 Å². The van der Waals surface area contributed by atoms with Crippen molar-refractivity contribution in [2.75, 3.05) is 0 Å².